The monoisotopic (exact) mass is 475 g/mol. The van der Waals surface area contributed by atoms with E-state index in [0.717, 1.165) is 30.9 Å². The molecule has 12 heteroatoms. The molecule has 2 heterocycles. The summed E-state index contributed by atoms with van der Waals surface area (Å²) in [5.41, 5.74) is 1.40. The lowest BCUT2D eigenvalue weighted by atomic mass is 10.2. The van der Waals surface area contributed by atoms with Crippen LogP contribution in [0, 0.1) is 0 Å². The van der Waals surface area contributed by atoms with E-state index in [1.807, 2.05) is 24.3 Å². The number of rotatable bonds is 7. The minimum atomic E-state index is -4.42. The minimum Gasteiger partial charge on any atom is -0.378 e. The Morgan fingerprint density at radius 2 is 1.71 bits per heavy atom. The summed E-state index contributed by atoms with van der Waals surface area (Å²) in [4.78, 5) is 16.4. The fourth-order valence-electron chi connectivity index (χ4n) is 3.62. The number of halogens is 3. The number of ether oxygens (including phenoxy) is 1. The van der Waals surface area contributed by atoms with Crippen LogP contribution >= 0.6 is 0 Å². The van der Waals surface area contributed by atoms with Crippen LogP contribution in [0.2, 0.25) is 0 Å². The molecule has 1 fully saturated rings. The van der Waals surface area contributed by atoms with Gasteiger partial charge in [0.05, 0.1) is 37.6 Å². The van der Waals surface area contributed by atoms with Gasteiger partial charge in [-0.05, 0) is 66.0 Å². The van der Waals surface area contributed by atoms with Gasteiger partial charge in [-0.15, -0.1) is 5.10 Å². The summed E-state index contributed by atoms with van der Waals surface area (Å²) in [6.07, 6.45) is -4.42. The molecule has 4 rings (SSSR count). The fraction of sp³-hybridized carbons (Fsp3) is 0.364. The highest BCUT2D eigenvalue weighted by Crippen LogP contribution is 2.29. The molecule has 9 nitrogen and oxygen atoms in total. The number of hydrogen-bond donors (Lipinski definition) is 1. The van der Waals surface area contributed by atoms with E-state index in [1.165, 1.54) is 16.8 Å². The lowest BCUT2D eigenvalue weighted by Gasteiger charge is -2.28. The fourth-order valence-corrected chi connectivity index (χ4v) is 3.62. The predicted molar refractivity (Wildman–Crippen MR) is 119 cm³/mol. The Morgan fingerprint density at radius 1 is 1.06 bits per heavy atom. The molecule has 0 radical (unpaired) electrons. The number of tetrazole rings is 1. The lowest BCUT2D eigenvalue weighted by molar-refractivity contribution is -0.137. The number of aromatic nitrogens is 4. The van der Waals surface area contributed by atoms with Gasteiger partial charge in [-0.1, -0.05) is 0 Å². The van der Waals surface area contributed by atoms with Gasteiger partial charge in [0.15, 0.2) is 5.82 Å². The van der Waals surface area contributed by atoms with Gasteiger partial charge in [0.1, 0.15) is 0 Å². The van der Waals surface area contributed by atoms with E-state index < -0.39 is 11.7 Å². The highest BCUT2D eigenvalue weighted by atomic mass is 19.4. The Hall–Kier alpha value is -3.51. The van der Waals surface area contributed by atoms with Crippen LogP contribution in [0.15, 0.2) is 48.5 Å². The van der Waals surface area contributed by atoms with Gasteiger partial charge in [-0.3, -0.25) is 9.69 Å². The van der Waals surface area contributed by atoms with Crippen LogP contribution in [-0.2, 0) is 22.3 Å². The number of morpholine rings is 1. The number of amides is 1. The van der Waals surface area contributed by atoms with E-state index in [2.05, 4.69) is 25.7 Å². The van der Waals surface area contributed by atoms with Crippen molar-refractivity contribution in [1.29, 1.82) is 0 Å². The van der Waals surface area contributed by atoms with Gasteiger partial charge in [0.25, 0.3) is 0 Å². The van der Waals surface area contributed by atoms with E-state index >= 15 is 0 Å². The summed E-state index contributed by atoms with van der Waals surface area (Å²) in [7, 11) is 1.73. The third-order valence-corrected chi connectivity index (χ3v) is 5.33. The number of anilines is 2. The number of hydrogen-bond acceptors (Lipinski definition) is 7. The zero-order valence-electron chi connectivity index (χ0n) is 18.5. The first kappa shape index (κ1) is 23.6. The van der Waals surface area contributed by atoms with E-state index in [1.54, 1.807) is 11.9 Å². The number of likely N-dealkylation sites (N-methyl/N-ethyl adjacent to an activating group) is 1. The second-order valence-electron chi connectivity index (χ2n) is 7.92. The van der Waals surface area contributed by atoms with E-state index in [4.69, 9.17) is 4.74 Å². The molecule has 34 heavy (non-hydrogen) atoms. The maximum Gasteiger partial charge on any atom is 0.416 e. The third kappa shape index (κ3) is 5.88. The Kier molecular flexibility index (Phi) is 7.08. The maximum atomic E-state index is 12.8. The van der Waals surface area contributed by atoms with Crippen LogP contribution in [0.3, 0.4) is 0 Å². The zero-order chi connectivity index (χ0) is 24.1. The smallest absolute Gasteiger partial charge is 0.378 e. The van der Waals surface area contributed by atoms with Crippen LogP contribution < -0.4 is 10.2 Å². The van der Waals surface area contributed by atoms with Crippen molar-refractivity contribution >= 4 is 17.3 Å². The molecule has 1 saturated heterocycles. The standard InChI is InChI=1S/C22H24F3N7O2/c1-30(14-20-27-28-29-32(20)19-6-2-16(3-7-19)22(23,24)25)15-21(33)26-17-4-8-18(9-5-17)31-10-12-34-13-11-31/h2-9H,10-15H2,1H3,(H,26,33). The van der Waals surface area contributed by atoms with E-state index in [9.17, 15) is 18.0 Å². The molecule has 1 aromatic heterocycles. The highest BCUT2D eigenvalue weighted by molar-refractivity contribution is 5.92. The molecule has 0 spiro atoms. The maximum absolute atomic E-state index is 12.8. The van der Waals surface area contributed by atoms with Crippen molar-refractivity contribution in [2.75, 3.05) is 50.1 Å². The molecule has 0 aliphatic carbocycles. The SMILES string of the molecule is CN(CC(=O)Nc1ccc(N2CCOCC2)cc1)Cc1nnnn1-c1ccc(C(F)(F)F)cc1. The van der Waals surface area contributed by atoms with Crippen LogP contribution in [-0.4, -0.2) is 70.9 Å². The van der Waals surface area contributed by atoms with Gasteiger partial charge in [0.2, 0.25) is 5.91 Å². The zero-order valence-corrected chi connectivity index (χ0v) is 18.5. The average Bonchev–Trinajstić information content (AvgIpc) is 3.27. The summed E-state index contributed by atoms with van der Waals surface area (Å²) in [5, 5.41) is 14.3. The summed E-state index contributed by atoms with van der Waals surface area (Å²) < 4.78 is 45.1. The van der Waals surface area contributed by atoms with Crippen molar-refractivity contribution in [3.05, 3.63) is 59.9 Å². The summed E-state index contributed by atoms with van der Waals surface area (Å²) in [6.45, 7) is 3.37. The van der Waals surface area contributed by atoms with Crippen molar-refractivity contribution < 1.29 is 22.7 Å². The molecule has 0 atom stereocenters. The molecule has 0 bridgehead atoms. The summed E-state index contributed by atoms with van der Waals surface area (Å²) in [5.74, 6) is 0.181. The largest absolute Gasteiger partial charge is 0.416 e. The molecule has 2 aromatic carbocycles. The normalized spacial score (nSPS) is 14.4. The lowest BCUT2D eigenvalue weighted by Crippen LogP contribution is -2.36. The van der Waals surface area contributed by atoms with Crippen LogP contribution in [0.25, 0.3) is 5.69 Å². The number of carbonyl (C=O) groups is 1. The van der Waals surface area contributed by atoms with Crippen molar-refractivity contribution in [3.63, 3.8) is 0 Å². The van der Waals surface area contributed by atoms with Gasteiger partial charge in [-0.25, -0.2) is 0 Å². The third-order valence-electron chi connectivity index (χ3n) is 5.33. The van der Waals surface area contributed by atoms with Crippen molar-refractivity contribution in [2.24, 2.45) is 0 Å². The number of nitrogens with zero attached hydrogens (tertiary/aromatic N) is 6. The molecule has 1 aliphatic rings. The Labute approximate surface area is 194 Å². The molecule has 1 aliphatic heterocycles. The van der Waals surface area contributed by atoms with Crippen LogP contribution in [0.4, 0.5) is 24.5 Å². The van der Waals surface area contributed by atoms with Crippen molar-refractivity contribution in [2.45, 2.75) is 12.7 Å². The highest BCUT2D eigenvalue weighted by Gasteiger charge is 2.30. The molecule has 0 unspecified atom stereocenters. The van der Waals surface area contributed by atoms with Gasteiger partial charge < -0.3 is 15.0 Å². The second-order valence-corrected chi connectivity index (χ2v) is 7.92. The molecule has 1 amide bonds. The molecule has 3 aromatic rings. The van der Waals surface area contributed by atoms with E-state index in [0.29, 0.717) is 30.4 Å². The Bertz CT molecular complexity index is 1090. The predicted octanol–water partition coefficient (Wildman–Crippen LogP) is 2.59. The topological polar surface area (TPSA) is 88.4 Å². The van der Waals surface area contributed by atoms with Gasteiger partial charge in [0, 0.05) is 24.5 Å². The first-order chi connectivity index (χ1) is 16.3. The first-order valence-electron chi connectivity index (χ1n) is 10.7. The number of carbonyl (C=O) groups excluding carboxylic acids is 1. The molecule has 1 N–H and O–H groups in total. The Balaban J connectivity index is 1.32. The molecular weight excluding hydrogens is 451 g/mol. The number of benzene rings is 2. The quantitative estimate of drug-likeness (QED) is 0.562. The molecule has 180 valence electrons. The Morgan fingerprint density at radius 3 is 2.35 bits per heavy atom. The minimum absolute atomic E-state index is 0.0745. The summed E-state index contributed by atoms with van der Waals surface area (Å²) in [6, 6.07) is 12.2. The van der Waals surface area contributed by atoms with Crippen molar-refractivity contribution in [1.82, 2.24) is 25.1 Å². The molecule has 0 saturated carbocycles. The first-order valence-corrected chi connectivity index (χ1v) is 10.7. The number of nitrogens with one attached hydrogen (secondary N) is 1. The van der Waals surface area contributed by atoms with Crippen molar-refractivity contribution in [3.8, 4) is 5.69 Å². The van der Waals surface area contributed by atoms with Crippen LogP contribution in [0.1, 0.15) is 11.4 Å². The average molecular weight is 475 g/mol. The van der Waals surface area contributed by atoms with Gasteiger partial charge in [-0.2, -0.15) is 17.9 Å². The number of alkyl halides is 3. The summed E-state index contributed by atoms with van der Waals surface area (Å²) >= 11 is 0. The van der Waals surface area contributed by atoms with E-state index in [-0.39, 0.29) is 19.0 Å². The second kappa shape index (κ2) is 10.2. The van der Waals surface area contributed by atoms with Gasteiger partial charge >= 0.3 is 6.18 Å². The molecular formula is C22H24F3N7O2. The van der Waals surface area contributed by atoms with Crippen LogP contribution in [0.5, 0.6) is 0 Å².